The summed E-state index contributed by atoms with van der Waals surface area (Å²) in [5, 5.41) is 0.0684. The molecule has 0 aliphatic heterocycles. The quantitative estimate of drug-likeness (QED) is 0.904. The van der Waals surface area contributed by atoms with Gasteiger partial charge in [-0.05, 0) is 31.2 Å². The second-order valence-corrected chi connectivity index (χ2v) is 4.53. The van der Waals surface area contributed by atoms with Crippen LogP contribution in [0.4, 0.5) is 8.78 Å². The van der Waals surface area contributed by atoms with Gasteiger partial charge in [0.05, 0.1) is 5.02 Å². The van der Waals surface area contributed by atoms with Crippen molar-refractivity contribution in [3.05, 3.63) is 58.6 Å². The lowest BCUT2D eigenvalue weighted by atomic mass is 10.1. The zero-order chi connectivity index (χ0) is 14.0. The first-order valence-corrected chi connectivity index (χ1v) is 6.03. The largest absolute Gasteiger partial charge is 0.452 e. The molecule has 0 amide bonds. The van der Waals surface area contributed by atoms with E-state index in [9.17, 15) is 8.78 Å². The van der Waals surface area contributed by atoms with E-state index in [0.29, 0.717) is 5.56 Å². The van der Waals surface area contributed by atoms with Crippen molar-refractivity contribution >= 4 is 11.6 Å². The smallest absolute Gasteiger partial charge is 0.167 e. The number of hydrogen-bond donors (Lipinski definition) is 1. The summed E-state index contributed by atoms with van der Waals surface area (Å²) in [6, 6.07) is 7.71. The molecule has 2 rings (SSSR count). The van der Waals surface area contributed by atoms with Crippen molar-refractivity contribution in [1.82, 2.24) is 0 Å². The molecule has 1 atom stereocenters. The van der Waals surface area contributed by atoms with E-state index in [2.05, 4.69) is 0 Å². The number of ether oxygens (including phenoxy) is 1. The molecule has 0 aliphatic carbocycles. The third-order valence-corrected chi connectivity index (χ3v) is 2.89. The lowest BCUT2D eigenvalue weighted by Crippen LogP contribution is -2.07. The molecule has 100 valence electrons. The summed E-state index contributed by atoms with van der Waals surface area (Å²) >= 11 is 5.84. The zero-order valence-corrected chi connectivity index (χ0v) is 10.9. The van der Waals surface area contributed by atoms with E-state index in [1.807, 2.05) is 0 Å². The van der Waals surface area contributed by atoms with Crippen LogP contribution < -0.4 is 10.5 Å². The molecule has 0 heterocycles. The van der Waals surface area contributed by atoms with Gasteiger partial charge in [0.1, 0.15) is 11.6 Å². The highest BCUT2D eigenvalue weighted by Gasteiger charge is 2.15. The Morgan fingerprint density at radius 2 is 1.95 bits per heavy atom. The Kier molecular flexibility index (Phi) is 4.02. The van der Waals surface area contributed by atoms with Crippen LogP contribution in [0.5, 0.6) is 11.5 Å². The Hall–Kier alpha value is -1.65. The van der Waals surface area contributed by atoms with E-state index in [0.717, 1.165) is 6.07 Å². The molecule has 0 saturated carbocycles. The Morgan fingerprint density at radius 3 is 2.58 bits per heavy atom. The molecule has 5 heteroatoms. The van der Waals surface area contributed by atoms with Gasteiger partial charge < -0.3 is 10.5 Å². The van der Waals surface area contributed by atoms with Crippen LogP contribution in [0.2, 0.25) is 5.02 Å². The van der Waals surface area contributed by atoms with E-state index in [-0.39, 0.29) is 16.5 Å². The Balaban J connectivity index is 2.43. The van der Waals surface area contributed by atoms with Gasteiger partial charge in [0, 0.05) is 11.6 Å². The molecule has 0 unspecified atom stereocenters. The van der Waals surface area contributed by atoms with Crippen LogP contribution in [0, 0.1) is 11.6 Å². The molecule has 19 heavy (non-hydrogen) atoms. The summed E-state index contributed by atoms with van der Waals surface area (Å²) in [6.07, 6.45) is 0. The van der Waals surface area contributed by atoms with Crippen molar-refractivity contribution < 1.29 is 13.5 Å². The fourth-order valence-corrected chi connectivity index (χ4v) is 1.87. The molecule has 0 aliphatic rings. The highest BCUT2D eigenvalue weighted by molar-refractivity contribution is 6.32. The third kappa shape index (κ3) is 3.03. The van der Waals surface area contributed by atoms with Gasteiger partial charge in [-0.1, -0.05) is 23.7 Å². The van der Waals surface area contributed by atoms with Crippen molar-refractivity contribution in [3.8, 4) is 11.5 Å². The van der Waals surface area contributed by atoms with E-state index < -0.39 is 17.7 Å². The molecular weight excluding hydrogens is 272 g/mol. The molecule has 0 fully saturated rings. The normalized spacial score (nSPS) is 12.3. The average Bonchev–Trinajstić information content (AvgIpc) is 2.34. The van der Waals surface area contributed by atoms with Crippen LogP contribution >= 0.6 is 11.6 Å². The van der Waals surface area contributed by atoms with Gasteiger partial charge in [0.15, 0.2) is 11.6 Å². The first-order chi connectivity index (χ1) is 8.99. The standard InChI is InChI=1S/C14H12ClF2NO/c1-8(18)10-3-2-4-12(17)14(10)19-13-6-5-9(16)7-11(13)15/h2-8H,18H2,1H3/t8-/m0/s1. The fourth-order valence-electron chi connectivity index (χ4n) is 1.66. The van der Waals surface area contributed by atoms with Gasteiger partial charge in [-0.3, -0.25) is 0 Å². The van der Waals surface area contributed by atoms with Gasteiger partial charge in [-0.15, -0.1) is 0 Å². The average molecular weight is 284 g/mol. The van der Waals surface area contributed by atoms with Gasteiger partial charge in [0.25, 0.3) is 0 Å². The van der Waals surface area contributed by atoms with Crippen molar-refractivity contribution in [2.45, 2.75) is 13.0 Å². The van der Waals surface area contributed by atoms with Gasteiger partial charge in [-0.25, -0.2) is 8.78 Å². The number of para-hydroxylation sites is 1. The lowest BCUT2D eigenvalue weighted by Gasteiger charge is -2.15. The van der Waals surface area contributed by atoms with Crippen molar-refractivity contribution in [2.75, 3.05) is 0 Å². The minimum Gasteiger partial charge on any atom is -0.452 e. The van der Waals surface area contributed by atoms with E-state index in [4.69, 9.17) is 22.1 Å². The fraction of sp³-hybridized carbons (Fsp3) is 0.143. The second-order valence-electron chi connectivity index (χ2n) is 4.12. The third-order valence-electron chi connectivity index (χ3n) is 2.59. The Labute approximate surface area is 114 Å². The maximum absolute atomic E-state index is 13.8. The predicted octanol–water partition coefficient (Wildman–Crippen LogP) is 4.43. The summed E-state index contributed by atoms with van der Waals surface area (Å²) in [4.78, 5) is 0. The summed E-state index contributed by atoms with van der Waals surface area (Å²) in [7, 11) is 0. The molecule has 2 aromatic carbocycles. The molecule has 0 spiro atoms. The van der Waals surface area contributed by atoms with Gasteiger partial charge >= 0.3 is 0 Å². The minimum absolute atomic E-state index is 0.00556. The molecule has 2 nitrogen and oxygen atoms in total. The van der Waals surface area contributed by atoms with E-state index >= 15 is 0 Å². The number of benzene rings is 2. The Morgan fingerprint density at radius 1 is 1.21 bits per heavy atom. The summed E-state index contributed by atoms with van der Waals surface area (Å²) in [5.41, 5.74) is 6.27. The molecule has 2 aromatic rings. The van der Waals surface area contributed by atoms with Crippen LogP contribution in [-0.2, 0) is 0 Å². The lowest BCUT2D eigenvalue weighted by molar-refractivity contribution is 0.432. The number of nitrogens with two attached hydrogens (primary N) is 1. The van der Waals surface area contributed by atoms with Crippen LogP contribution in [0.3, 0.4) is 0 Å². The van der Waals surface area contributed by atoms with E-state index in [1.165, 1.54) is 18.2 Å². The van der Waals surface area contributed by atoms with Crippen molar-refractivity contribution in [1.29, 1.82) is 0 Å². The maximum Gasteiger partial charge on any atom is 0.167 e. The topological polar surface area (TPSA) is 35.2 Å². The summed E-state index contributed by atoms with van der Waals surface area (Å²) in [5.74, 6) is -0.852. The predicted molar refractivity (Wildman–Crippen MR) is 70.5 cm³/mol. The van der Waals surface area contributed by atoms with Gasteiger partial charge in [0.2, 0.25) is 0 Å². The van der Waals surface area contributed by atoms with Crippen LogP contribution in [0.25, 0.3) is 0 Å². The van der Waals surface area contributed by atoms with E-state index in [1.54, 1.807) is 19.1 Å². The summed E-state index contributed by atoms with van der Waals surface area (Å²) in [6.45, 7) is 1.72. The zero-order valence-electron chi connectivity index (χ0n) is 10.2. The highest BCUT2D eigenvalue weighted by Crippen LogP contribution is 2.35. The SMILES string of the molecule is C[C@H](N)c1cccc(F)c1Oc1ccc(F)cc1Cl. The first-order valence-electron chi connectivity index (χ1n) is 5.66. The molecule has 0 aromatic heterocycles. The highest BCUT2D eigenvalue weighted by atomic mass is 35.5. The maximum atomic E-state index is 13.8. The molecule has 0 saturated heterocycles. The number of rotatable bonds is 3. The molecular formula is C14H12ClF2NO. The molecule has 0 bridgehead atoms. The van der Waals surface area contributed by atoms with Crippen LogP contribution in [0.1, 0.15) is 18.5 Å². The number of hydrogen-bond acceptors (Lipinski definition) is 2. The summed E-state index contributed by atoms with van der Waals surface area (Å²) < 4.78 is 32.2. The van der Waals surface area contributed by atoms with Crippen LogP contribution in [-0.4, -0.2) is 0 Å². The van der Waals surface area contributed by atoms with Crippen LogP contribution in [0.15, 0.2) is 36.4 Å². The monoisotopic (exact) mass is 283 g/mol. The molecule has 2 N–H and O–H groups in total. The second kappa shape index (κ2) is 5.55. The Bertz CT molecular complexity index is 602. The van der Waals surface area contributed by atoms with Crippen molar-refractivity contribution in [2.24, 2.45) is 5.73 Å². The first kappa shape index (κ1) is 13.8. The van der Waals surface area contributed by atoms with Gasteiger partial charge in [-0.2, -0.15) is 0 Å². The number of halogens is 3. The minimum atomic E-state index is -0.546. The van der Waals surface area contributed by atoms with Crippen molar-refractivity contribution in [3.63, 3.8) is 0 Å². The molecule has 0 radical (unpaired) electrons.